The number of amides is 5. The Hall–Kier alpha value is -7.10. The van der Waals surface area contributed by atoms with Crippen LogP contribution in [0.15, 0.2) is 77.4 Å². The van der Waals surface area contributed by atoms with Crippen LogP contribution in [0.2, 0.25) is 0 Å². The van der Waals surface area contributed by atoms with E-state index in [0.29, 0.717) is 18.5 Å². The van der Waals surface area contributed by atoms with Gasteiger partial charge in [-0.25, -0.2) is 24.2 Å². The van der Waals surface area contributed by atoms with Crippen LogP contribution in [0.1, 0.15) is 95.8 Å². The summed E-state index contributed by atoms with van der Waals surface area (Å²) in [5.74, 6) is -2.03. The molecule has 1 saturated heterocycles. The van der Waals surface area contributed by atoms with Crippen molar-refractivity contribution in [3.63, 3.8) is 0 Å². The summed E-state index contributed by atoms with van der Waals surface area (Å²) in [6.07, 6.45) is 0.232. The van der Waals surface area contributed by atoms with E-state index < -0.39 is 71.1 Å². The predicted molar refractivity (Wildman–Crippen MR) is 238 cm³/mol. The Balaban J connectivity index is 1.13. The zero-order chi connectivity index (χ0) is 47.5. The number of esters is 1. The molecule has 66 heavy (non-hydrogen) atoms. The van der Waals surface area contributed by atoms with Crippen molar-refractivity contribution in [2.45, 2.75) is 115 Å². The lowest BCUT2D eigenvalue weighted by molar-refractivity contribution is -0.176. The fourth-order valence-electron chi connectivity index (χ4n) is 6.72. The quantitative estimate of drug-likeness (QED) is 0.0236. The van der Waals surface area contributed by atoms with E-state index in [1.165, 1.54) is 16.4 Å². The molecule has 3 heterocycles. The number of hydrogen-bond acceptors (Lipinski definition) is 16. The molecule has 0 radical (unpaired) electrons. The minimum Gasteiger partial charge on any atom is -0.450 e. The second-order valence-corrected chi connectivity index (χ2v) is 18.2. The lowest BCUT2D eigenvalue weighted by Crippen LogP contribution is -2.70. The summed E-state index contributed by atoms with van der Waals surface area (Å²) in [7, 11) is 0. The molecule has 0 unspecified atom stereocenters. The van der Waals surface area contributed by atoms with Gasteiger partial charge in [-0.05, 0) is 65.5 Å². The van der Waals surface area contributed by atoms with E-state index in [-0.39, 0.29) is 55.6 Å². The van der Waals surface area contributed by atoms with Crippen molar-refractivity contribution < 1.29 is 52.6 Å². The summed E-state index contributed by atoms with van der Waals surface area (Å²) in [6.45, 7) is 10.2. The van der Waals surface area contributed by atoms with E-state index >= 15 is 0 Å². The number of β-lactam (4-membered cyclic amide) rings is 1. The van der Waals surface area contributed by atoms with E-state index in [4.69, 9.17) is 23.8 Å². The van der Waals surface area contributed by atoms with Gasteiger partial charge in [0.05, 0.1) is 31.9 Å². The van der Waals surface area contributed by atoms with Gasteiger partial charge in [-0.1, -0.05) is 65.8 Å². The van der Waals surface area contributed by atoms with Crippen molar-refractivity contribution in [1.82, 2.24) is 41.2 Å². The number of thiazole rings is 1. The SMILES string of the molecule is CC(C)(C)OC(=O)NCCOC(=O)NCc1cnn(C[C@H]2NC(=O)[C@H]2NC(=O)/C(=N\OC2(C(=O)OC(c3ccccc3)c3ccccc3)CCCC2)c2csc(NC(=O)OC(C)(C)C)n2)n1. The van der Waals surface area contributed by atoms with E-state index in [0.717, 1.165) is 22.5 Å². The van der Waals surface area contributed by atoms with Gasteiger partial charge in [0, 0.05) is 18.2 Å². The van der Waals surface area contributed by atoms with Gasteiger partial charge in [-0.3, -0.25) is 14.9 Å². The summed E-state index contributed by atoms with van der Waals surface area (Å²) in [6, 6.07) is 16.8. The maximum Gasteiger partial charge on any atom is 0.413 e. The molecule has 2 aromatic heterocycles. The second kappa shape index (κ2) is 21.3. The van der Waals surface area contributed by atoms with Crippen LogP contribution in [0.3, 0.4) is 0 Å². The number of ether oxygens (including phenoxy) is 4. The van der Waals surface area contributed by atoms with Crippen LogP contribution in [0, 0.1) is 0 Å². The number of carbonyl (C=O) groups is 6. The lowest BCUT2D eigenvalue weighted by atomic mass is 9.98. The first-order valence-electron chi connectivity index (χ1n) is 21.3. The number of nitrogens with zero attached hydrogens (tertiary/aromatic N) is 5. The van der Waals surface area contributed by atoms with Crippen LogP contribution in [-0.4, -0.2) is 104 Å². The molecule has 2 fully saturated rings. The molecule has 22 heteroatoms. The number of benzene rings is 2. The Labute approximate surface area is 384 Å². The highest BCUT2D eigenvalue weighted by atomic mass is 32.1. The molecular weight excluding hydrogens is 877 g/mol. The molecule has 1 saturated carbocycles. The summed E-state index contributed by atoms with van der Waals surface area (Å²) in [5.41, 5.74) is -1.55. The average Bonchev–Trinajstić information content (AvgIpc) is 4.05. The molecule has 0 spiro atoms. The molecule has 6 rings (SSSR count). The summed E-state index contributed by atoms with van der Waals surface area (Å²) in [5, 5.41) is 27.4. The fraction of sp³-hybridized carbons (Fsp3) is 0.455. The number of rotatable bonds is 17. The first kappa shape index (κ1) is 48.4. The first-order chi connectivity index (χ1) is 31.4. The van der Waals surface area contributed by atoms with Crippen molar-refractivity contribution in [3.05, 3.63) is 94.8 Å². The molecule has 352 valence electrons. The standard InChI is InChI=1S/C44H54N10O11S/c1-42(2,3)63-40(59)45-21-22-61-39(58)46-23-29-24-47-54(52-29)25-30-32(35(55)48-30)50-36(56)33(31-26-66-38(49-31)51-41(60)64-43(4,5)6)53-65-44(19-13-14-20-44)37(57)62-34(27-15-9-7-10-16-27)28-17-11-8-12-18-28/h7-12,15-18,24,26,30,32,34H,13-14,19-23,25H2,1-6H3,(H,45,59)(H,46,58)(H,48,55)(H,50,56)(H,49,51,60)/b53-33-/t30-,32+/m1/s1. The lowest BCUT2D eigenvalue weighted by Gasteiger charge is -2.36. The Kier molecular flexibility index (Phi) is 15.6. The number of hydrogen-bond donors (Lipinski definition) is 5. The molecule has 21 nitrogen and oxygen atoms in total. The van der Waals surface area contributed by atoms with E-state index in [9.17, 15) is 28.8 Å². The number of anilines is 1. The van der Waals surface area contributed by atoms with Gasteiger partial charge in [0.15, 0.2) is 16.9 Å². The Bertz CT molecular complexity index is 2330. The van der Waals surface area contributed by atoms with Gasteiger partial charge in [0.1, 0.15) is 35.2 Å². The minimum atomic E-state index is -1.56. The van der Waals surface area contributed by atoms with Crippen LogP contribution >= 0.6 is 11.3 Å². The molecule has 5 N–H and O–H groups in total. The Morgan fingerprint density at radius 3 is 2.15 bits per heavy atom. The fourth-order valence-corrected chi connectivity index (χ4v) is 7.40. The molecule has 0 bridgehead atoms. The third-order valence-corrected chi connectivity index (χ3v) is 10.5. The van der Waals surface area contributed by atoms with Crippen molar-refractivity contribution in [2.24, 2.45) is 5.16 Å². The van der Waals surface area contributed by atoms with Gasteiger partial charge in [-0.2, -0.15) is 15.0 Å². The highest BCUT2D eigenvalue weighted by Gasteiger charge is 2.48. The summed E-state index contributed by atoms with van der Waals surface area (Å²) < 4.78 is 21.8. The smallest absolute Gasteiger partial charge is 0.413 e. The molecule has 4 aromatic rings. The van der Waals surface area contributed by atoms with Gasteiger partial charge in [0.2, 0.25) is 11.5 Å². The number of aromatic nitrogens is 4. The summed E-state index contributed by atoms with van der Waals surface area (Å²) in [4.78, 5) is 89.7. The summed E-state index contributed by atoms with van der Waals surface area (Å²) >= 11 is 0.989. The van der Waals surface area contributed by atoms with E-state index in [1.54, 1.807) is 41.5 Å². The van der Waals surface area contributed by atoms with E-state index in [2.05, 4.69) is 46.9 Å². The zero-order valence-corrected chi connectivity index (χ0v) is 38.3. The van der Waals surface area contributed by atoms with Crippen molar-refractivity contribution in [3.8, 4) is 0 Å². The van der Waals surface area contributed by atoms with E-state index in [1.807, 2.05) is 60.7 Å². The number of nitrogens with one attached hydrogen (secondary N) is 5. The Morgan fingerprint density at radius 2 is 1.53 bits per heavy atom. The van der Waals surface area contributed by atoms with Crippen LogP contribution in [-0.2, 0) is 51.3 Å². The maximum absolute atomic E-state index is 14.3. The number of alkyl carbamates (subject to hydrolysis) is 2. The second-order valence-electron chi connectivity index (χ2n) is 17.4. The largest absolute Gasteiger partial charge is 0.450 e. The third-order valence-electron chi connectivity index (χ3n) is 9.75. The highest BCUT2D eigenvalue weighted by Crippen LogP contribution is 2.38. The molecule has 1 aliphatic heterocycles. The molecular formula is C44H54N10O11S. The molecule has 5 amide bonds. The van der Waals surface area contributed by atoms with Crippen molar-refractivity contribution in [1.29, 1.82) is 0 Å². The molecule has 2 aromatic carbocycles. The zero-order valence-electron chi connectivity index (χ0n) is 37.5. The average molecular weight is 931 g/mol. The highest BCUT2D eigenvalue weighted by molar-refractivity contribution is 7.14. The van der Waals surface area contributed by atoms with Crippen LogP contribution in [0.4, 0.5) is 19.5 Å². The van der Waals surface area contributed by atoms with Gasteiger partial charge in [0.25, 0.3) is 5.91 Å². The first-order valence-corrected chi connectivity index (χ1v) is 22.2. The minimum absolute atomic E-state index is 0.0171. The van der Waals surface area contributed by atoms with Crippen LogP contribution in [0.25, 0.3) is 0 Å². The molecule has 2 atom stereocenters. The van der Waals surface area contributed by atoms with Crippen molar-refractivity contribution in [2.75, 3.05) is 18.5 Å². The van der Waals surface area contributed by atoms with Gasteiger partial charge >= 0.3 is 24.2 Å². The van der Waals surface area contributed by atoms with Crippen LogP contribution in [0.5, 0.6) is 0 Å². The van der Waals surface area contributed by atoms with Gasteiger partial charge in [-0.15, -0.1) is 11.3 Å². The Morgan fingerprint density at radius 1 is 0.894 bits per heavy atom. The monoisotopic (exact) mass is 930 g/mol. The topological polar surface area (TPSA) is 265 Å². The van der Waals surface area contributed by atoms with Crippen LogP contribution < -0.4 is 26.6 Å². The van der Waals surface area contributed by atoms with Crippen molar-refractivity contribution >= 4 is 58.2 Å². The van der Waals surface area contributed by atoms with Gasteiger partial charge < -0.3 is 45.1 Å². The third kappa shape index (κ3) is 13.7. The molecule has 1 aliphatic carbocycles. The maximum atomic E-state index is 14.3. The molecule has 2 aliphatic rings. The number of oxime groups is 1. The predicted octanol–water partition coefficient (Wildman–Crippen LogP) is 4.88. The number of carbonyl (C=O) groups excluding carboxylic acids is 6. The normalized spacial score (nSPS) is 16.8.